The fourth-order valence-electron chi connectivity index (χ4n) is 0.815. The van der Waals surface area contributed by atoms with Gasteiger partial charge in [0, 0.05) is 0 Å². The zero-order valence-electron chi connectivity index (χ0n) is 6.63. The molecule has 1 fully saturated rings. The van der Waals surface area contributed by atoms with Crippen molar-refractivity contribution in [1.29, 1.82) is 0 Å². The van der Waals surface area contributed by atoms with Crippen molar-refractivity contribution in [3.05, 3.63) is 5.21 Å². The van der Waals surface area contributed by atoms with Crippen molar-refractivity contribution in [3.63, 3.8) is 0 Å². The smallest absolute Gasteiger partial charge is 0.750 e. The minimum Gasteiger partial charge on any atom is -0.750 e. The summed E-state index contributed by atoms with van der Waals surface area (Å²) in [5.74, 6) is -2.58. The first kappa shape index (κ1) is 13.6. The van der Waals surface area contributed by atoms with Crippen molar-refractivity contribution in [2.45, 2.75) is 11.7 Å². The van der Waals surface area contributed by atoms with E-state index < -0.39 is 38.7 Å². The zero-order valence-corrected chi connectivity index (χ0v) is 10.6. The number of nitrogens with zero attached hydrogens (tertiary/aromatic N) is 1. The van der Waals surface area contributed by atoms with Crippen molar-refractivity contribution in [2.75, 3.05) is 0 Å². The first-order chi connectivity index (χ1) is 5.34. The van der Waals surface area contributed by atoms with E-state index in [1.165, 1.54) is 0 Å². The van der Waals surface area contributed by atoms with E-state index >= 15 is 0 Å². The number of rotatable bonds is 1. The largest absolute Gasteiger partial charge is 1.00 e. The first-order valence-corrected chi connectivity index (χ1v) is 4.34. The molecule has 1 saturated heterocycles. The Morgan fingerprint density at radius 3 is 2.08 bits per heavy atom. The molecule has 0 radical (unpaired) electrons. The van der Waals surface area contributed by atoms with Crippen LogP contribution in [-0.4, -0.2) is 35.1 Å². The molecule has 7 nitrogen and oxygen atoms in total. The van der Waals surface area contributed by atoms with Crippen molar-refractivity contribution in [3.8, 4) is 0 Å². The monoisotopic (exact) mass is 233 g/mol. The number of hydroxylamine groups is 2. The molecule has 1 heterocycles. The third-order valence-corrected chi connectivity index (χ3v) is 2.51. The van der Waals surface area contributed by atoms with Crippen LogP contribution in [0.15, 0.2) is 0 Å². The normalized spacial score (nSPS) is 23.2. The molecule has 0 aliphatic carbocycles. The summed E-state index contributed by atoms with van der Waals surface area (Å²) in [4.78, 5) is 21.1. The average molecular weight is 233 g/mol. The maximum absolute atomic E-state index is 10.6. The van der Waals surface area contributed by atoms with Gasteiger partial charge in [-0.25, -0.2) is 0 Å². The summed E-state index contributed by atoms with van der Waals surface area (Å²) >= 11 is 0. The maximum Gasteiger partial charge on any atom is 1.00 e. The van der Waals surface area contributed by atoms with E-state index in [1.54, 1.807) is 0 Å². The molecule has 1 unspecified atom stereocenters. The minimum absolute atomic E-state index is 0. The third kappa shape index (κ3) is 2.79. The molecular weight excluding hydrogens is 229 g/mol. The molecule has 0 spiro atoms. The van der Waals surface area contributed by atoms with Gasteiger partial charge in [-0.3, -0.25) is 14.1 Å². The van der Waals surface area contributed by atoms with Crippen molar-refractivity contribution in [1.82, 2.24) is 5.06 Å². The molecule has 2 amide bonds. The van der Waals surface area contributed by atoms with Gasteiger partial charge in [0.1, 0.15) is 0 Å². The second-order valence-electron chi connectivity index (χ2n) is 2.23. The van der Waals surface area contributed by atoms with Crippen LogP contribution >= 0.6 is 0 Å². The van der Waals surface area contributed by atoms with Crippen LogP contribution < -0.4 is 51.4 Å². The molecule has 0 saturated carbocycles. The molecule has 0 aromatic carbocycles. The Labute approximate surface area is 116 Å². The molecule has 1 rings (SSSR count). The Balaban J connectivity index is 0.00000144. The van der Waals surface area contributed by atoms with E-state index in [4.69, 9.17) is 4.55 Å². The summed E-state index contributed by atoms with van der Waals surface area (Å²) in [6, 6.07) is 0. The number of hydrogen-bond donors (Lipinski definition) is 1. The molecule has 0 aromatic rings. The van der Waals surface area contributed by atoms with Crippen LogP contribution in [0.4, 0.5) is 0 Å². The molecule has 1 atom stereocenters. The molecule has 68 valence electrons. The van der Waals surface area contributed by atoms with Crippen LogP contribution in [-0.2, 0) is 19.7 Å². The minimum atomic E-state index is -4.63. The van der Waals surface area contributed by atoms with Crippen LogP contribution in [0, 0.1) is 5.21 Å². The summed E-state index contributed by atoms with van der Waals surface area (Å²) in [7, 11) is -4.63. The van der Waals surface area contributed by atoms with Crippen molar-refractivity contribution < 1.29 is 73.9 Å². The Morgan fingerprint density at radius 2 is 1.92 bits per heavy atom. The molecule has 9 heteroatoms. The van der Waals surface area contributed by atoms with Gasteiger partial charge < -0.3 is 10.3 Å². The predicted molar refractivity (Wildman–Crippen MR) is 35.2 cm³/mol. The van der Waals surface area contributed by atoms with Gasteiger partial charge in [0.25, 0.3) is 10.1 Å². The van der Waals surface area contributed by atoms with Gasteiger partial charge in [-0.1, -0.05) is 0 Å². The van der Waals surface area contributed by atoms with Gasteiger partial charge in [0.15, 0.2) is 5.25 Å². The van der Waals surface area contributed by atoms with Crippen LogP contribution in [0.25, 0.3) is 0 Å². The first-order valence-electron chi connectivity index (χ1n) is 2.84. The van der Waals surface area contributed by atoms with Gasteiger partial charge >= 0.3 is 51.4 Å². The average Bonchev–Trinajstić information content (AvgIpc) is 2.15. The molecule has 0 bridgehead atoms. The van der Waals surface area contributed by atoms with Gasteiger partial charge in [0.2, 0.25) is 11.8 Å². The number of imide groups is 1. The molecule has 13 heavy (non-hydrogen) atoms. The second kappa shape index (κ2) is 4.44. The standard InChI is InChI=1S/C4H4NO6S.K/c6-3-1-2(12(9,10)11)4(7)5(3)8;/h2H,1H2,(H,9,10,11);/q-1;+1. The number of carbonyl (C=O) groups is 2. The van der Waals surface area contributed by atoms with Gasteiger partial charge in [0.05, 0.1) is 6.42 Å². The fraction of sp³-hybridized carbons (Fsp3) is 0.500. The molecule has 0 aromatic heterocycles. The van der Waals surface area contributed by atoms with Crippen LogP contribution in [0.2, 0.25) is 0 Å². The fourth-order valence-corrected chi connectivity index (χ4v) is 1.52. The van der Waals surface area contributed by atoms with Crippen LogP contribution in [0.3, 0.4) is 0 Å². The molecule has 1 aliphatic rings. The summed E-state index contributed by atoms with van der Waals surface area (Å²) in [6.45, 7) is 0. The molecule has 1 N–H and O–H groups in total. The third-order valence-electron chi connectivity index (χ3n) is 1.42. The number of hydrogen-bond acceptors (Lipinski definition) is 5. The SMILES string of the molecule is O=C1CC(S(=O)(=O)O)C(=O)N1[O-].[K+]. The summed E-state index contributed by atoms with van der Waals surface area (Å²) in [5.41, 5.74) is 0. The Hall–Kier alpha value is 0.646. The van der Waals surface area contributed by atoms with Crippen LogP contribution in [0.1, 0.15) is 6.42 Å². The Bertz CT molecular complexity index is 337. The maximum atomic E-state index is 10.6. The Kier molecular flexibility index (Phi) is 4.67. The van der Waals surface area contributed by atoms with Gasteiger partial charge in [-0.2, -0.15) is 8.42 Å². The van der Waals surface area contributed by atoms with E-state index in [0.29, 0.717) is 0 Å². The number of carbonyl (C=O) groups excluding carboxylic acids is 2. The van der Waals surface area contributed by atoms with E-state index in [-0.39, 0.29) is 51.4 Å². The van der Waals surface area contributed by atoms with E-state index in [9.17, 15) is 23.2 Å². The second-order valence-corrected chi connectivity index (χ2v) is 3.83. The summed E-state index contributed by atoms with van der Waals surface area (Å²) < 4.78 is 29.1. The topological polar surface area (TPSA) is 115 Å². The predicted octanol–water partition coefficient (Wildman–Crippen LogP) is -4.50. The zero-order chi connectivity index (χ0) is 9.52. The van der Waals surface area contributed by atoms with Crippen LogP contribution in [0.5, 0.6) is 0 Å². The van der Waals surface area contributed by atoms with Gasteiger partial charge in [-0.05, 0) is 0 Å². The Morgan fingerprint density at radius 1 is 1.46 bits per heavy atom. The summed E-state index contributed by atoms with van der Waals surface area (Å²) in [5, 5.41) is 7.93. The summed E-state index contributed by atoms with van der Waals surface area (Å²) in [6.07, 6.45) is -0.777. The molecule has 1 aliphatic heterocycles. The van der Waals surface area contributed by atoms with Crippen molar-refractivity contribution in [2.24, 2.45) is 0 Å². The van der Waals surface area contributed by atoms with Gasteiger partial charge in [-0.15, -0.1) is 0 Å². The quantitative estimate of drug-likeness (QED) is 0.277. The van der Waals surface area contributed by atoms with E-state index in [1.807, 2.05) is 0 Å². The van der Waals surface area contributed by atoms with E-state index in [2.05, 4.69) is 0 Å². The molecular formula is C4H4KNO6S. The van der Waals surface area contributed by atoms with Crippen molar-refractivity contribution >= 4 is 21.9 Å². The van der Waals surface area contributed by atoms with E-state index in [0.717, 1.165) is 0 Å². The number of amides is 2.